The smallest absolute Gasteiger partial charge is 0.299 e. The van der Waals surface area contributed by atoms with E-state index in [1.807, 2.05) is 42.5 Å². The number of rotatable bonds is 5. The van der Waals surface area contributed by atoms with Gasteiger partial charge in [0.1, 0.15) is 5.75 Å². The first kappa shape index (κ1) is 20.9. The average Bonchev–Trinajstić information content (AvgIpc) is 2.78. The van der Waals surface area contributed by atoms with Gasteiger partial charge in [-0.15, -0.1) is 0 Å². The highest BCUT2D eigenvalue weighted by atomic mass is 28.3. The molecule has 0 amide bonds. The van der Waals surface area contributed by atoms with Crippen LogP contribution in [0.3, 0.4) is 0 Å². The quantitative estimate of drug-likeness (QED) is 0.439. The molecule has 3 nitrogen and oxygen atoms in total. The first-order valence-corrected chi connectivity index (χ1v) is 11.9. The summed E-state index contributed by atoms with van der Waals surface area (Å²) in [5, 5.41) is 2.34. The Labute approximate surface area is 184 Å². The molecule has 3 aromatic carbocycles. The van der Waals surface area contributed by atoms with Crippen molar-refractivity contribution in [3.63, 3.8) is 0 Å². The standard InChI is InChI=1S/C26H25FN2OSi/c1-26(2,3)19-14-15-22(23-17-28-18-25(27)29-23)24(16-19)30-31(20-10-6-4-7-11-20)21-12-8-5-9-13-21/h4-18,31H,1-3H3. The van der Waals surface area contributed by atoms with Gasteiger partial charge in [-0.1, -0.05) is 87.5 Å². The molecule has 0 unspecified atom stereocenters. The minimum absolute atomic E-state index is 0.0548. The summed E-state index contributed by atoms with van der Waals surface area (Å²) in [5.41, 5.74) is 2.29. The molecule has 31 heavy (non-hydrogen) atoms. The Kier molecular flexibility index (Phi) is 5.96. The van der Waals surface area contributed by atoms with E-state index in [1.165, 1.54) is 10.4 Å². The minimum atomic E-state index is -2.06. The van der Waals surface area contributed by atoms with Crippen LogP contribution in [-0.4, -0.2) is 19.0 Å². The molecule has 4 rings (SSSR count). The van der Waals surface area contributed by atoms with Crippen molar-refractivity contribution in [1.82, 2.24) is 9.97 Å². The van der Waals surface area contributed by atoms with E-state index >= 15 is 0 Å². The predicted molar refractivity (Wildman–Crippen MR) is 126 cm³/mol. The van der Waals surface area contributed by atoms with Crippen molar-refractivity contribution in [3.05, 3.63) is 103 Å². The molecule has 0 saturated heterocycles. The molecule has 0 bridgehead atoms. The molecule has 4 aromatic rings. The third-order valence-corrected chi connectivity index (χ3v) is 7.65. The molecule has 5 heteroatoms. The lowest BCUT2D eigenvalue weighted by Crippen LogP contribution is -2.47. The second-order valence-corrected chi connectivity index (χ2v) is 10.8. The Balaban J connectivity index is 1.85. The minimum Gasteiger partial charge on any atom is -0.537 e. The molecule has 1 heterocycles. The zero-order valence-corrected chi connectivity index (χ0v) is 19.1. The summed E-state index contributed by atoms with van der Waals surface area (Å²) in [7, 11) is -2.06. The van der Waals surface area contributed by atoms with Gasteiger partial charge in [-0.05, 0) is 33.5 Å². The largest absolute Gasteiger partial charge is 0.537 e. The van der Waals surface area contributed by atoms with Crippen LogP contribution < -0.4 is 14.8 Å². The van der Waals surface area contributed by atoms with Crippen LogP contribution in [0, 0.1) is 5.95 Å². The molecule has 0 radical (unpaired) electrons. The van der Waals surface area contributed by atoms with Gasteiger partial charge >= 0.3 is 0 Å². The van der Waals surface area contributed by atoms with Crippen molar-refractivity contribution in [2.24, 2.45) is 0 Å². The van der Waals surface area contributed by atoms with Crippen LogP contribution in [0.2, 0.25) is 0 Å². The summed E-state index contributed by atoms with van der Waals surface area (Å²) < 4.78 is 20.6. The maximum Gasteiger partial charge on any atom is 0.299 e. The van der Waals surface area contributed by atoms with Crippen molar-refractivity contribution < 1.29 is 8.82 Å². The lowest BCUT2D eigenvalue weighted by Gasteiger charge is -2.24. The zero-order chi connectivity index (χ0) is 21.8. The van der Waals surface area contributed by atoms with E-state index in [0.717, 1.165) is 17.3 Å². The van der Waals surface area contributed by atoms with Crippen LogP contribution in [0.25, 0.3) is 11.3 Å². The van der Waals surface area contributed by atoms with E-state index in [9.17, 15) is 4.39 Å². The first-order chi connectivity index (χ1) is 14.9. The second kappa shape index (κ2) is 8.82. The van der Waals surface area contributed by atoms with Gasteiger partial charge in [0.2, 0.25) is 5.95 Å². The number of benzene rings is 3. The fraction of sp³-hybridized carbons (Fsp3) is 0.154. The molecule has 0 aliphatic rings. The summed E-state index contributed by atoms with van der Waals surface area (Å²) in [6.07, 6.45) is 2.68. The Bertz CT molecular complexity index is 1120. The van der Waals surface area contributed by atoms with Crippen molar-refractivity contribution in [2.45, 2.75) is 26.2 Å². The van der Waals surface area contributed by atoms with Gasteiger partial charge in [0.05, 0.1) is 18.1 Å². The zero-order valence-electron chi connectivity index (χ0n) is 17.9. The summed E-state index contributed by atoms with van der Waals surface area (Å²) in [6.45, 7) is 6.49. The van der Waals surface area contributed by atoms with E-state index in [0.29, 0.717) is 11.4 Å². The lowest BCUT2D eigenvalue weighted by molar-refractivity contribution is 0.565. The molecule has 0 aliphatic heterocycles. The van der Waals surface area contributed by atoms with Crippen LogP contribution in [-0.2, 0) is 5.41 Å². The molecule has 0 saturated carbocycles. The van der Waals surface area contributed by atoms with Crippen LogP contribution in [0.4, 0.5) is 4.39 Å². The van der Waals surface area contributed by atoms with Crippen LogP contribution in [0.1, 0.15) is 26.3 Å². The fourth-order valence-electron chi connectivity index (χ4n) is 3.48. The van der Waals surface area contributed by atoms with E-state index in [1.54, 1.807) is 6.20 Å². The molecule has 1 aromatic heterocycles. The topological polar surface area (TPSA) is 35.0 Å². The number of hydrogen-bond donors (Lipinski definition) is 0. The van der Waals surface area contributed by atoms with Gasteiger partial charge < -0.3 is 4.43 Å². The SMILES string of the molecule is CC(C)(C)c1ccc(-c2cncc(F)n2)c(O[SiH](c2ccccc2)c2ccccc2)c1. The highest BCUT2D eigenvalue weighted by Crippen LogP contribution is 2.34. The van der Waals surface area contributed by atoms with E-state index < -0.39 is 15.0 Å². The van der Waals surface area contributed by atoms with E-state index in [-0.39, 0.29) is 5.41 Å². The number of nitrogens with zero attached hydrogens (tertiary/aromatic N) is 2. The molecule has 0 atom stereocenters. The third kappa shape index (κ3) is 4.89. The van der Waals surface area contributed by atoms with Gasteiger partial charge in [0.25, 0.3) is 9.04 Å². The molecular weight excluding hydrogens is 403 g/mol. The number of halogens is 1. The summed E-state index contributed by atoms with van der Waals surface area (Å²) in [6, 6.07) is 26.7. The van der Waals surface area contributed by atoms with Crippen molar-refractivity contribution in [2.75, 3.05) is 0 Å². The maximum absolute atomic E-state index is 13.8. The molecule has 0 aliphatic carbocycles. The average molecular weight is 429 g/mol. The number of hydrogen-bond acceptors (Lipinski definition) is 3. The van der Waals surface area contributed by atoms with Crippen LogP contribution in [0.15, 0.2) is 91.3 Å². The number of aromatic nitrogens is 2. The summed E-state index contributed by atoms with van der Waals surface area (Å²) in [4.78, 5) is 8.04. The van der Waals surface area contributed by atoms with Crippen molar-refractivity contribution >= 4 is 19.4 Å². The Morgan fingerprint density at radius 2 is 1.42 bits per heavy atom. The lowest BCUT2D eigenvalue weighted by atomic mass is 9.86. The molecule has 0 N–H and O–H groups in total. The van der Waals surface area contributed by atoms with Gasteiger partial charge in [-0.25, -0.2) is 4.98 Å². The third-order valence-electron chi connectivity index (χ3n) is 5.18. The van der Waals surface area contributed by atoms with Crippen molar-refractivity contribution in [1.29, 1.82) is 0 Å². The van der Waals surface area contributed by atoms with Gasteiger partial charge in [0, 0.05) is 5.56 Å². The van der Waals surface area contributed by atoms with Crippen LogP contribution >= 0.6 is 0 Å². The van der Waals surface area contributed by atoms with E-state index in [4.69, 9.17) is 4.43 Å². The maximum atomic E-state index is 13.8. The summed E-state index contributed by atoms with van der Waals surface area (Å²) >= 11 is 0. The van der Waals surface area contributed by atoms with Gasteiger partial charge in [-0.3, -0.25) is 4.98 Å². The Morgan fingerprint density at radius 3 is 1.97 bits per heavy atom. The van der Waals surface area contributed by atoms with Crippen LogP contribution in [0.5, 0.6) is 5.75 Å². The molecule has 156 valence electrons. The molecule has 0 spiro atoms. The predicted octanol–water partition coefficient (Wildman–Crippen LogP) is 4.50. The molecular formula is C26H25FN2OSi. The highest BCUT2D eigenvalue weighted by molar-refractivity contribution is 6.80. The normalized spacial score (nSPS) is 11.5. The van der Waals surface area contributed by atoms with Gasteiger partial charge in [0.15, 0.2) is 0 Å². The Morgan fingerprint density at radius 1 is 0.806 bits per heavy atom. The first-order valence-electron chi connectivity index (χ1n) is 10.3. The van der Waals surface area contributed by atoms with Crippen molar-refractivity contribution in [3.8, 4) is 17.0 Å². The summed E-state index contributed by atoms with van der Waals surface area (Å²) in [5.74, 6) is 0.0972. The Hall–Kier alpha value is -3.31. The highest BCUT2D eigenvalue weighted by Gasteiger charge is 2.23. The molecule has 0 fully saturated rings. The van der Waals surface area contributed by atoms with E-state index in [2.05, 4.69) is 67.1 Å². The monoisotopic (exact) mass is 428 g/mol. The fourth-order valence-corrected chi connectivity index (χ4v) is 5.73. The van der Waals surface area contributed by atoms with Gasteiger partial charge in [-0.2, -0.15) is 4.39 Å². The second-order valence-electron chi connectivity index (χ2n) is 8.51.